The zero-order chi connectivity index (χ0) is 12.4. The van der Waals surface area contributed by atoms with Crippen molar-refractivity contribution < 1.29 is 4.79 Å². The van der Waals surface area contributed by atoms with Gasteiger partial charge in [0.1, 0.15) is 0 Å². The molecule has 1 amide bonds. The minimum Gasteiger partial charge on any atom is -0.374 e. The van der Waals surface area contributed by atoms with Crippen molar-refractivity contribution in [2.24, 2.45) is 0 Å². The number of carbonyl (C=O) groups excluding carboxylic acids is 1. The van der Waals surface area contributed by atoms with E-state index in [0.29, 0.717) is 0 Å². The molecule has 0 fully saturated rings. The molecule has 3 N–H and O–H groups in total. The number of aryl methyl sites for hydroxylation is 2. The molecule has 0 saturated carbocycles. The van der Waals surface area contributed by atoms with Crippen LogP contribution in [0.4, 0.5) is 10.8 Å². The zero-order valence-corrected chi connectivity index (χ0v) is 10.3. The van der Waals surface area contributed by atoms with Gasteiger partial charge in [0.25, 0.3) is 5.91 Å². The first-order valence-corrected chi connectivity index (χ1v) is 5.85. The lowest BCUT2D eigenvalue weighted by atomic mass is 10.1. The van der Waals surface area contributed by atoms with Gasteiger partial charge in [0, 0.05) is 5.69 Å². The largest absolute Gasteiger partial charge is 0.374 e. The van der Waals surface area contributed by atoms with E-state index < -0.39 is 0 Å². The van der Waals surface area contributed by atoms with Gasteiger partial charge in [-0.25, -0.2) is 0 Å². The summed E-state index contributed by atoms with van der Waals surface area (Å²) in [6, 6.07) is 5.87. The van der Waals surface area contributed by atoms with Gasteiger partial charge in [-0.2, -0.15) is 0 Å². The maximum atomic E-state index is 11.8. The Balaban J connectivity index is 2.21. The Labute approximate surface area is 103 Å². The minimum atomic E-state index is -0.284. The SMILES string of the molecule is Cc1ccc(C)c(NC(=O)c2nnc(N)s2)c1. The van der Waals surface area contributed by atoms with Crippen LogP contribution in [0.5, 0.6) is 0 Å². The second kappa shape index (κ2) is 4.50. The second-order valence-electron chi connectivity index (χ2n) is 3.72. The molecule has 1 aromatic heterocycles. The summed E-state index contributed by atoms with van der Waals surface area (Å²) < 4.78 is 0. The maximum absolute atomic E-state index is 11.8. The first kappa shape index (κ1) is 11.5. The topological polar surface area (TPSA) is 80.9 Å². The van der Waals surface area contributed by atoms with E-state index in [9.17, 15) is 4.79 Å². The number of hydrogen-bond acceptors (Lipinski definition) is 5. The molecule has 0 unspecified atom stereocenters. The highest BCUT2D eigenvalue weighted by molar-refractivity contribution is 7.16. The Morgan fingerprint density at radius 3 is 2.76 bits per heavy atom. The normalized spacial score (nSPS) is 10.2. The smallest absolute Gasteiger partial charge is 0.286 e. The lowest BCUT2D eigenvalue weighted by Gasteiger charge is -2.07. The predicted octanol–water partition coefficient (Wildman–Crippen LogP) is 1.99. The number of nitrogens with zero attached hydrogens (tertiary/aromatic N) is 2. The lowest BCUT2D eigenvalue weighted by molar-refractivity contribution is 0.102. The molecule has 0 radical (unpaired) electrons. The molecule has 0 atom stereocenters. The van der Waals surface area contributed by atoms with E-state index in [1.807, 2.05) is 32.0 Å². The van der Waals surface area contributed by atoms with Crippen molar-refractivity contribution in [1.29, 1.82) is 0 Å². The van der Waals surface area contributed by atoms with Crippen LogP contribution in [0.25, 0.3) is 0 Å². The average molecular weight is 248 g/mol. The Kier molecular flexibility index (Phi) is 3.06. The highest BCUT2D eigenvalue weighted by atomic mass is 32.1. The molecule has 1 aromatic carbocycles. The standard InChI is InChI=1S/C11H12N4OS/c1-6-3-4-7(2)8(5-6)13-9(16)10-14-15-11(12)17-10/h3-5H,1-2H3,(H2,12,15)(H,13,16). The molecule has 6 heteroatoms. The summed E-state index contributed by atoms with van der Waals surface area (Å²) >= 11 is 1.07. The number of benzene rings is 1. The summed E-state index contributed by atoms with van der Waals surface area (Å²) in [4.78, 5) is 11.8. The molecule has 2 rings (SSSR count). The number of amides is 1. The van der Waals surface area contributed by atoms with Crippen LogP contribution in [0.15, 0.2) is 18.2 Å². The molecule has 0 spiro atoms. The van der Waals surface area contributed by atoms with Crippen LogP contribution >= 0.6 is 11.3 Å². The van der Waals surface area contributed by atoms with Gasteiger partial charge in [-0.05, 0) is 31.0 Å². The fourth-order valence-corrected chi connectivity index (χ4v) is 1.88. The molecule has 0 bridgehead atoms. The van der Waals surface area contributed by atoms with Crippen LogP contribution in [-0.4, -0.2) is 16.1 Å². The summed E-state index contributed by atoms with van der Waals surface area (Å²) in [5.41, 5.74) is 8.30. The number of hydrogen-bond donors (Lipinski definition) is 2. The second-order valence-corrected chi connectivity index (χ2v) is 4.73. The fraction of sp³-hybridized carbons (Fsp3) is 0.182. The highest BCUT2D eigenvalue weighted by Crippen LogP contribution is 2.18. The minimum absolute atomic E-state index is 0.267. The van der Waals surface area contributed by atoms with E-state index in [0.717, 1.165) is 28.2 Å². The van der Waals surface area contributed by atoms with Crippen LogP contribution in [0.2, 0.25) is 0 Å². The van der Waals surface area contributed by atoms with E-state index in [4.69, 9.17) is 5.73 Å². The first-order chi connectivity index (χ1) is 8.06. The zero-order valence-electron chi connectivity index (χ0n) is 9.52. The Morgan fingerprint density at radius 1 is 1.35 bits per heavy atom. The van der Waals surface area contributed by atoms with E-state index >= 15 is 0 Å². The summed E-state index contributed by atoms with van der Waals surface area (Å²) in [5, 5.41) is 10.6. The molecule has 17 heavy (non-hydrogen) atoms. The van der Waals surface area contributed by atoms with Crippen LogP contribution in [0.1, 0.15) is 20.9 Å². The summed E-state index contributed by atoms with van der Waals surface area (Å²) in [7, 11) is 0. The Hall–Kier alpha value is -1.95. The third-order valence-corrected chi connectivity index (χ3v) is 3.03. The molecule has 5 nitrogen and oxygen atoms in total. The third kappa shape index (κ3) is 2.59. The van der Waals surface area contributed by atoms with Gasteiger partial charge in [-0.15, -0.1) is 10.2 Å². The molecule has 88 valence electrons. The molecule has 2 aromatic rings. The first-order valence-electron chi connectivity index (χ1n) is 5.04. The summed E-state index contributed by atoms with van der Waals surface area (Å²) in [6.45, 7) is 3.90. The number of rotatable bonds is 2. The molecule has 0 saturated heterocycles. The fourth-order valence-electron chi connectivity index (χ4n) is 1.37. The van der Waals surface area contributed by atoms with E-state index in [1.165, 1.54) is 0 Å². The van der Waals surface area contributed by atoms with Gasteiger partial charge < -0.3 is 11.1 Å². The molecule has 0 aliphatic carbocycles. The number of nitrogen functional groups attached to an aromatic ring is 1. The molecular formula is C11H12N4OS. The van der Waals surface area contributed by atoms with Crippen molar-refractivity contribution in [2.45, 2.75) is 13.8 Å². The molecule has 1 heterocycles. The van der Waals surface area contributed by atoms with Crippen molar-refractivity contribution in [1.82, 2.24) is 10.2 Å². The predicted molar refractivity (Wildman–Crippen MR) is 68.2 cm³/mol. The van der Waals surface area contributed by atoms with Crippen LogP contribution in [0, 0.1) is 13.8 Å². The number of aromatic nitrogens is 2. The van der Waals surface area contributed by atoms with Crippen LogP contribution in [-0.2, 0) is 0 Å². The number of nitrogens with one attached hydrogen (secondary N) is 1. The molecule has 0 aliphatic rings. The van der Waals surface area contributed by atoms with Crippen molar-refractivity contribution in [2.75, 3.05) is 11.1 Å². The molecular weight excluding hydrogens is 236 g/mol. The van der Waals surface area contributed by atoms with Gasteiger partial charge >= 0.3 is 0 Å². The average Bonchev–Trinajstić information content (AvgIpc) is 2.70. The Morgan fingerprint density at radius 2 is 2.12 bits per heavy atom. The lowest BCUT2D eigenvalue weighted by Crippen LogP contribution is -2.12. The van der Waals surface area contributed by atoms with E-state index in [-0.39, 0.29) is 16.0 Å². The number of anilines is 2. The van der Waals surface area contributed by atoms with Gasteiger partial charge in [-0.1, -0.05) is 23.5 Å². The number of nitrogens with two attached hydrogens (primary N) is 1. The number of carbonyl (C=O) groups is 1. The van der Waals surface area contributed by atoms with E-state index in [1.54, 1.807) is 0 Å². The van der Waals surface area contributed by atoms with Crippen LogP contribution in [0.3, 0.4) is 0 Å². The third-order valence-electron chi connectivity index (χ3n) is 2.28. The van der Waals surface area contributed by atoms with Gasteiger partial charge in [0.2, 0.25) is 10.1 Å². The highest BCUT2D eigenvalue weighted by Gasteiger charge is 2.12. The summed E-state index contributed by atoms with van der Waals surface area (Å²) in [5.74, 6) is -0.284. The monoisotopic (exact) mass is 248 g/mol. The van der Waals surface area contributed by atoms with Gasteiger partial charge in [0.05, 0.1) is 0 Å². The van der Waals surface area contributed by atoms with Crippen molar-refractivity contribution in [3.63, 3.8) is 0 Å². The van der Waals surface area contributed by atoms with Crippen molar-refractivity contribution >= 4 is 28.1 Å². The summed E-state index contributed by atoms with van der Waals surface area (Å²) in [6.07, 6.45) is 0. The van der Waals surface area contributed by atoms with Crippen molar-refractivity contribution in [3.05, 3.63) is 34.3 Å². The van der Waals surface area contributed by atoms with Gasteiger partial charge in [-0.3, -0.25) is 4.79 Å². The van der Waals surface area contributed by atoms with Crippen molar-refractivity contribution in [3.8, 4) is 0 Å². The maximum Gasteiger partial charge on any atom is 0.286 e. The van der Waals surface area contributed by atoms with Crippen LogP contribution < -0.4 is 11.1 Å². The van der Waals surface area contributed by atoms with Gasteiger partial charge in [0.15, 0.2) is 0 Å². The van der Waals surface area contributed by atoms with E-state index in [2.05, 4.69) is 15.5 Å². The Bertz CT molecular complexity index is 564. The molecule has 0 aliphatic heterocycles. The quantitative estimate of drug-likeness (QED) is 0.851.